The van der Waals surface area contributed by atoms with Gasteiger partial charge in [-0.1, -0.05) is 84.5 Å². The van der Waals surface area contributed by atoms with Gasteiger partial charge in [0.1, 0.15) is 19.8 Å². The number of carbonyl (C=O) groups is 2. The standard InChI is InChI=1S/C27H54NO9P/c1-5-7-9-11-13-15-16-18-26(30)34-22-25(37-27(31)19-17-14-12-10-8-6-2)23-36-38(32,33)35-21-20-28(3,4)24-29/h25,29H,5-24H2,1-4H3/p+1/t25-/m1/s1. The average Bonchev–Trinajstić information content (AvgIpc) is 2.87. The molecular weight excluding hydrogens is 513 g/mol. The summed E-state index contributed by atoms with van der Waals surface area (Å²) < 4.78 is 33.2. The molecule has 226 valence electrons. The second-order valence-corrected chi connectivity index (χ2v) is 12.0. The van der Waals surface area contributed by atoms with Crippen LogP contribution in [0.4, 0.5) is 0 Å². The Labute approximate surface area is 230 Å². The van der Waals surface area contributed by atoms with Gasteiger partial charge >= 0.3 is 19.8 Å². The van der Waals surface area contributed by atoms with Crippen molar-refractivity contribution >= 4 is 19.8 Å². The molecule has 0 saturated carbocycles. The lowest BCUT2D eigenvalue weighted by atomic mass is 10.1. The van der Waals surface area contributed by atoms with Gasteiger partial charge in [0.25, 0.3) is 0 Å². The lowest BCUT2D eigenvalue weighted by molar-refractivity contribution is -0.908. The predicted molar refractivity (Wildman–Crippen MR) is 147 cm³/mol. The maximum atomic E-state index is 12.3. The van der Waals surface area contributed by atoms with Gasteiger partial charge < -0.3 is 24.0 Å². The molecule has 10 nitrogen and oxygen atoms in total. The van der Waals surface area contributed by atoms with E-state index in [4.69, 9.17) is 18.5 Å². The zero-order valence-electron chi connectivity index (χ0n) is 24.4. The lowest BCUT2D eigenvalue weighted by Gasteiger charge is -2.27. The number of phosphoric ester groups is 1. The summed E-state index contributed by atoms with van der Waals surface area (Å²) >= 11 is 0. The Morgan fingerprint density at radius 3 is 1.79 bits per heavy atom. The van der Waals surface area contributed by atoms with Gasteiger partial charge in [0.2, 0.25) is 0 Å². The molecular formula is C27H55NO9P+. The highest BCUT2D eigenvalue weighted by Gasteiger charge is 2.27. The first-order valence-corrected chi connectivity index (χ1v) is 15.9. The summed E-state index contributed by atoms with van der Waals surface area (Å²) in [5.41, 5.74) is 0. The molecule has 11 heteroatoms. The molecule has 0 spiro atoms. The quantitative estimate of drug-likeness (QED) is 0.0457. The number of rotatable bonds is 26. The fourth-order valence-corrected chi connectivity index (χ4v) is 4.33. The summed E-state index contributed by atoms with van der Waals surface area (Å²) in [4.78, 5) is 34.5. The summed E-state index contributed by atoms with van der Waals surface area (Å²) in [7, 11) is -0.942. The topological polar surface area (TPSA) is 129 Å². The number of esters is 2. The van der Waals surface area contributed by atoms with Gasteiger partial charge in [-0.2, -0.15) is 0 Å². The summed E-state index contributed by atoms with van der Waals surface area (Å²) in [5.74, 6) is -0.865. The molecule has 2 N–H and O–H groups in total. The molecule has 38 heavy (non-hydrogen) atoms. The number of likely N-dealkylation sites (N-methyl/N-ethyl adjacent to an activating group) is 1. The third-order valence-electron chi connectivity index (χ3n) is 6.20. The molecule has 2 atom stereocenters. The maximum absolute atomic E-state index is 12.3. The SMILES string of the molecule is CCCCCCCCCC(=O)OC[C@H](COP(=O)(O)OCC[N+](C)(C)CO)OC(=O)CCCCCCCC. The fraction of sp³-hybridized carbons (Fsp3) is 0.926. The molecule has 0 rings (SSSR count). The molecule has 1 unspecified atom stereocenters. The Morgan fingerprint density at radius 2 is 1.26 bits per heavy atom. The third kappa shape index (κ3) is 22.9. The molecule has 0 radical (unpaired) electrons. The van der Waals surface area contributed by atoms with Crippen molar-refractivity contribution in [1.82, 2.24) is 0 Å². The van der Waals surface area contributed by atoms with E-state index in [2.05, 4.69) is 13.8 Å². The molecule has 0 aliphatic heterocycles. The van der Waals surface area contributed by atoms with Gasteiger partial charge in [0, 0.05) is 12.8 Å². The van der Waals surface area contributed by atoms with Gasteiger partial charge in [-0.05, 0) is 12.8 Å². The molecule has 0 heterocycles. The largest absolute Gasteiger partial charge is 0.472 e. The molecule has 0 saturated heterocycles. The predicted octanol–water partition coefficient (Wildman–Crippen LogP) is 5.49. The van der Waals surface area contributed by atoms with E-state index >= 15 is 0 Å². The lowest BCUT2D eigenvalue weighted by Crippen LogP contribution is -2.42. The number of unbranched alkanes of at least 4 members (excludes halogenated alkanes) is 11. The Hall–Kier alpha value is -1.03. The minimum atomic E-state index is -4.43. The zero-order chi connectivity index (χ0) is 28.7. The molecule has 0 aliphatic rings. The fourth-order valence-electron chi connectivity index (χ4n) is 3.58. The number of quaternary nitrogens is 1. The molecule has 0 aromatic rings. The average molecular weight is 569 g/mol. The smallest absolute Gasteiger partial charge is 0.462 e. The Balaban J connectivity index is 4.63. The van der Waals surface area contributed by atoms with E-state index in [-0.39, 0.29) is 43.8 Å². The van der Waals surface area contributed by atoms with Crippen LogP contribution in [0.2, 0.25) is 0 Å². The molecule has 0 fully saturated rings. The number of aliphatic hydroxyl groups excluding tert-OH is 1. The van der Waals surface area contributed by atoms with Crippen LogP contribution in [0.15, 0.2) is 0 Å². The van der Waals surface area contributed by atoms with E-state index in [1.165, 1.54) is 25.7 Å². The van der Waals surface area contributed by atoms with Crippen LogP contribution >= 0.6 is 7.82 Å². The number of nitrogens with zero attached hydrogens (tertiary/aromatic N) is 1. The van der Waals surface area contributed by atoms with Crippen molar-refractivity contribution in [3.05, 3.63) is 0 Å². The van der Waals surface area contributed by atoms with Crippen molar-refractivity contribution in [3.8, 4) is 0 Å². The van der Waals surface area contributed by atoms with Gasteiger partial charge in [-0.3, -0.25) is 18.6 Å². The summed E-state index contributed by atoms with van der Waals surface area (Å²) in [6.07, 6.45) is 13.2. The number of aliphatic hydroxyl groups is 1. The molecule has 0 amide bonds. The van der Waals surface area contributed by atoms with Crippen molar-refractivity contribution in [3.63, 3.8) is 0 Å². The normalized spacial score (nSPS) is 14.2. The Morgan fingerprint density at radius 1 is 0.763 bits per heavy atom. The van der Waals surface area contributed by atoms with Crippen LogP contribution in [-0.4, -0.2) is 79.7 Å². The second kappa shape index (κ2) is 22.8. The van der Waals surface area contributed by atoms with Crippen LogP contribution in [0, 0.1) is 0 Å². The van der Waals surface area contributed by atoms with Crippen molar-refractivity contribution in [1.29, 1.82) is 0 Å². The van der Waals surface area contributed by atoms with Gasteiger partial charge in [-0.25, -0.2) is 4.57 Å². The first kappa shape index (κ1) is 37.0. The van der Waals surface area contributed by atoms with Crippen molar-refractivity contribution in [2.75, 3.05) is 47.2 Å². The third-order valence-corrected chi connectivity index (χ3v) is 7.19. The number of ether oxygens (including phenoxy) is 2. The Kier molecular flexibility index (Phi) is 22.1. The highest BCUT2D eigenvalue weighted by atomic mass is 31.2. The van der Waals surface area contributed by atoms with Crippen molar-refractivity contribution < 1.29 is 47.2 Å². The minimum Gasteiger partial charge on any atom is -0.462 e. The van der Waals surface area contributed by atoms with E-state index in [1.54, 1.807) is 14.1 Å². The van der Waals surface area contributed by atoms with E-state index in [0.29, 0.717) is 6.42 Å². The highest BCUT2D eigenvalue weighted by molar-refractivity contribution is 7.47. The van der Waals surface area contributed by atoms with E-state index in [9.17, 15) is 24.2 Å². The van der Waals surface area contributed by atoms with Crippen LogP contribution in [0.25, 0.3) is 0 Å². The molecule has 0 aliphatic carbocycles. The summed E-state index contributed by atoms with van der Waals surface area (Å²) in [5, 5.41) is 9.28. The van der Waals surface area contributed by atoms with Gasteiger partial charge in [0.05, 0.1) is 20.7 Å². The molecule has 0 aromatic carbocycles. The van der Waals surface area contributed by atoms with Gasteiger partial charge in [-0.15, -0.1) is 0 Å². The monoisotopic (exact) mass is 568 g/mol. The number of hydrogen-bond acceptors (Lipinski definition) is 8. The van der Waals surface area contributed by atoms with Crippen LogP contribution in [0.5, 0.6) is 0 Å². The number of carbonyl (C=O) groups excluding carboxylic acids is 2. The highest BCUT2D eigenvalue weighted by Crippen LogP contribution is 2.43. The second-order valence-electron chi connectivity index (χ2n) is 10.6. The summed E-state index contributed by atoms with van der Waals surface area (Å²) in [6.45, 7) is 3.64. The minimum absolute atomic E-state index is 0.114. The Bertz CT molecular complexity index is 660. The zero-order valence-corrected chi connectivity index (χ0v) is 25.3. The van der Waals surface area contributed by atoms with Crippen molar-refractivity contribution in [2.45, 2.75) is 116 Å². The van der Waals surface area contributed by atoms with E-state index in [1.807, 2.05) is 0 Å². The van der Waals surface area contributed by atoms with E-state index < -0.39 is 32.5 Å². The van der Waals surface area contributed by atoms with Gasteiger partial charge in [0.15, 0.2) is 12.8 Å². The first-order chi connectivity index (χ1) is 18.0. The van der Waals surface area contributed by atoms with Crippen LogP contribution < -0.4 is 0 Å². The van der Waals surface area contributed by atoms with Crippen LogP contribution in [-0.2, 0) is 32.7 Å². The van der Waals surface area contributed by atoms with Crippen LogP contribution in [0.1, 0.15) is 110 Å². The molecule has 0 aromatic heterocycles. The van der Waals surface area contributed by atoms with Crippen LogP contribution in [0.3, 0.4) is 0 Å². The van der Waals surface area contributed by atoms with E-state index in [0.717, 1.165) is 51.4 Å². The first-order valence-electron chi connectivity index (χ1n) is 14.4. The maximum Gasteiger partial charge on any atom is 0.472 e. The number of phosphoric acid groups is 1. The molecule has 0 bridgehead atoms. The van der Waals surface area contributed by atoms with Crippen molar-refractivity contribution in [2.24, 2.45) is 0 Å². The summed E-state index contributed by atoms with van der Waals surface area (Å²) in [6, 6.07) is 0. The number of hydrogen-bond donors (Lipinski definition) is 2.